The van der Waals surface area contributed by atoms with E-state index in [4.69, 9.17) is 4.98 Å². The maximum absolute atomic E-state index is 4.83. The number of aromatic nitrogens is 1. The first kappa shape index (κ1) is 14.5. The number of nitrogens with one attached hydrogen (secondary N) is 1. The molecule has 3 nitrogen and oxygen atoms in total. The van der Waals surface area contributed by atoms with Gasteiger partial charge in [0.1, 0.15) is 0 Å². The fourth-order valence-electron chi connectivity index (χ4n) is 3.12. The Bertz CT molecular complexity index is 625. The highest BCUT2D eigenvalue weighted by molar-refractivity contribution is 5.78. The van der Waals surface area contributed by atoms with Crippen LogP contribution in [0.1, 0.15) is 32.9 Å². The van der Waals surface area contributed by atoms with Crippen LogP contribution >= 0.6 is 0 Å². The van der Waals surface area contributed by atoms with E-state index in [2.05, 4.69) is 67.4 Å². The summed E-state index contributed by atoms with van der Waals surface area (Å²) in [5.74, 6) is 0. The molecule has 1 aromatic heterocycles. The molecule has 2 unspecified atom stereocenters. The second-order valence-corrected chi connectivity index (χ2v) is 6.51. The number of para-hydroxylation sites is 1. The van der Waals surface area contributed by atoms with E-state index in [1.807, 2.05) is 0 Å². The largest absolute Gasteiger partial charge is 0.311 e. The number of piperazine rings is 1. The van der Waals surface area contributed by atoms with Crippen molar-refractivity contribution in [3.63, 3.8) is 0 Å². The van der Waals surface area contributed by atoms with E-state index in [1.54, 1.807) is 0 Å². The molecular weight excluding hydrogens is 258 g/mol. The number of benzene rings is 1. The molecule has 0 saturated carbocycles. The van der Waals surface area contributed by atoms with Crippen LogP contribution < -0.4 is 5.32 Å². The van der Waals surface area contributed by atoms with Gasteiger partial charge in [0.15, 0.2) is 0 Å². The predicted octanol–water partition coefficient (Wildman–Crippen LogP) is 3.20. The number of pyridine rings is 1. The van der Waals surface area contributed by atoms with Crippen molar-refractivity contribution in [2.24, 2.45) is 0 Å². The van der Waals surface area contributed by atoms with Crippen LogP contribution in [-0.2, 0) is 6.54 Å². The quantitative estimate of drug-likeness (QED) is 0.937. The van der Waals surface area contributed by atoms with Crippen LogP contribution in [0, 0.1) is 0 Å². The fourth-order valence-corrected chi connectivity index (χ4v) is 3.12. The normalized spacial score (nSPS) is 27.1. The van der Waals surface area contributed by atoms with E-state index in [9.17, 15) is 0 Å². The molecule has 3 heteroatoms. The van der Waals surface area contributed by atoms with E-state index in [-0.39, 0.29) is 5.54 Å². The predicted molar refractivity (Wildman–Crippen MR) is 88.3 cm³/mol. The highest BCUT2D eigenvalue weighted by Gasteiger charge is 2.35. The van der Waals surface area contributed by atoms with Crippen LogP contribution in [-0.4, -0.2) is 34.6 Å². The molecule has 0 amide bonds. The van der Waals surface area contributed by atoms with Crippen LogP contribution in [0.3, 0.4) is 0 Å². The Balaban J connectivity index is 1.85. The van der Waals surface area contributed by atoms with Gasteiger partial charge in [-0.15, -0.1) is 0 Å². The van der Waals surface area contributed by atoms with Gasteiger partial charge in [-0.2, -0.15) is 0 Å². The first-order valence-corrected chi connectivity index (χ1v) is 7.94. The van der Waals surface area contributed by atoms with E-state index < -0.39 is 0 Å². The molecule has 0 spiro atoms. The number of nitrogens with zero attached hydrogens (tertiary/aromatic N) is 2. The molecule has 1 N–H and O–H groups in total. The van der Waals surface area contributed by atoms with Crippen LogP contribution in [0.4, 0.5) is 0 Å². The summed E-state index contributed by atoms with van der Waals surface area (Å²) in [5, 5.41) is 4.82. The molecule has 2 aromatic rings. The van der Waals surface area contributed by atoms with Gasteiger partial charge >= 0.3 is 0 Å². The molecule has 2 atom stereocenters. The van der Waals surface area contributed by atoms with Crippen molar-refractivity contribution >= 4 is 10.9 Å². The molecule has 1 aliphatic heterocycles. The minimum Gasteiger partial charge on any atom is -0.311 e. The second kappa shape index (κ2) is 5.74. The summed E-state index contributed by atoms with van der Waals surface area (Å²) in [6.45, 7) is 9.96. The lowest BCUT2D eigenvalue weighted by Gasteiger charge is -2.47. The van der Waals surface area contributed by atoms with Gasteiger partial charge < -0.3 is 5.32 Å². The lowest BCUT2D eigenvalue weighted by molar-refractivity contribution is 0.0443. The summed E-state index contributed by atoms with van der Waals surface area (Å²) in [6, 6.07) is 13.2. The topological polar surface area (TPSA) is 28.2 Å². The lowest BCUT2D eigenvalue weighted by atomic mass is 9.92. The first-order valence-electron chi connectivity index (χ1n) is 7.94. The molecule has 1 fully saturated rings. The Labute approximate surface area is 127 Å². The van der Waals surface area contributed by atoms with Gasteiger partial charge in [0, 0.05) is 36.6 Å². The Morgan fingerprint density at radius 3 is 2.90 bits per heavy atom. The van der Waals surface area contributed by atoms with Gasteiger partial charge in [0.2, 0.25) is 0 Å². The van der Waals surface area contributed by atoms with Crippen LogP contribution in [0.2, 0.25) is 0 Å². The van der Waals surface area contributed by atoms with E-state index >= 15 is 0 Å². The molecule has 0 radical (unpaired) electrons. The Morgan fingerprint density at radius 2 is 2.10 bits per heavy atom. The van der Waals surface area contributed by atoms with Crippen LogP contribution in [0.25, 0.3) is 10.9 Å². The second-order valence-electron chi connectivity index (χ2n) is 6.51. The Kier molecular flexibility index (Phi) is 3.96. The van der Waals surface area contributed by atoms with Gasteiger partial charge in [-0.1, -0.05) is 31.2 Å². The van der Waals surface area contributed by atoms with Gasteiger partial charge in [0.25, 0.3) is 0 Å². The van der Waals surface area contributed by atoms with Gasteiger partial charge in [-0.25, -0.2) is 0 Å². The molecular formula is C18H25N3. The minimum absolute atomic E-state index is 0.222. The van der Waals surface area contributed by atoms with Crippen molar-refractivity contribution in [3.05, 3.63) is 42.1 Å². The zero-order valence-corrected chi connectivity index (χ0v) is 13.3. The van der Waals surface area contributed by atoms with E-state index in [0.717, 1.165) is 31.6 Å². The number of fused-ring (bicyclic) bond motifs is 1. The van der Waals surface area contributed by atoms with Crippen LogP contribution in [0.15, 0.2) is 36.4 Å². The molecule has 0 bridgehead atoms. The molecule has 1 aliphatic rings. The maximum Gasteiger partial charge on any atom is 0.0705 e. The van der Waals surface area contributed by atoms with E-state index in [1.165, 1.54) is 11.1 Å². The zero-order chi connectivity index (χ0) is 14.9. The van der Waals surface area contributed by atoms with Crippen molar-refractivity contribution in [2.45, 2.75) is 45.3 Å². The van der Waals surface area contributed by atoms with Crippen molar-refractivity contribution in [1.29, 1.82) is 0 Å². The van der Waals surface area contributed by atoms with E-state index in [0.29, 0.717) is 6.04 Å². The lowest BCUT2D eigenvalue weighted by Crippen LogP contribution is -2.61. The van der Waals surface area contributed by atoms with Crippen LogP contribution in [0.5, 0.6) is 0 Å². The highest BCUT2D eigenvalue weighted by atomic mass is 15.3. The third kappa shape index (κ3) is 2.94. The smallest absolute Gasteiger partial charge is 0.0705 e. The minimum atomic E-state index is 0.222. The average molecular weight is 283 g/mol. The maximum atomic E-state index is 4.83. The van der Waals surface area contributed by atoms with Gasteiger partial charge in [-0.05, 0) is 32.4 Å². The third-order valence-electron chi connectivity index (χ3n) is 4.86. The summed E-state index contributed by atoms with van der Waals surface area (Å²) in [4.78, 5) is 7.42. The molecule has 3 rings (SSSR count). The first-order chi connectivity index (χ1) is 10.1. The molecule has 1 aromatic carbocycles. The number of hydrogen-bond donors (Lipinski definition) is 1. The number of hydrogen-bond acceptors (Lipinski definition) is 3. The Hall–Kier alpha value is -1.45. The fraction of sp³-hybridized carbons (Fsp3) is 0.500. The SMILES string of the molecule is CCC1(C)CNC(C)CN1Cc1ccc2ccccc2n1. The van der Waals surface area contributed by atoms with Crippen molar-refractivity contribution in [3.8, 4) is 0 Å². The molecule has 2 heterocycles. The number of rotatable bonds is 3. The molecule has 21 heavy (non-hydrogen) atoms. The summed E-state index contributed by atoms with van der Waals surface area (Å²) in [7, 11) is 0. The van der Waals surface area contributed by atoms with Crippen molar-refractivity contribution in [2.75, 3.05) is 13.1 Å². The summed E-state index contributed by atoms with van der Waals surface area (Å²) >= 11 is 0. The average Bonchev–Trinajstić information content (AvgIpc) is 2.51. The standard InChI is InChI=1S/C18H25N3/c1-4-18(3)13-19-14(2)11-21(18)12-16-10-9-15-7-5-6-8-17(15)20-16/h5-10,14,19H,4,11-13H2,1-3H3. The Morgan fingerprint density at radius 1 is 1.29 bits per heavy atom. The monoisotopic (exact) mass is 283 g/mol. The summed E-state index contributed by atoms with van der Waals surface area (Å²) < 4.78 is 0. The third-order valence-corrected chi connectivity index (χ3v) is 4.86. The van der Waals surface area contributed by atoms with Crippen molar-refractivity contribution < 1.29 is 0 Å². The summed E-state index contributed by atoms with van der Waals surface area (Å²) in [6.07, 6.45) is 1.15. The molecule has 1 saturated heterocycles. The zero-order valence-electron chi connectivity index (χ0n) is 13.3. The highest BCUT2D eigenvalue weighted by Crippen LogP contribution is 2.25. The van der Waals surface area contributed by atoms with Gasteiger partial charge in [-0.3, -0.25) is 9.88 Å². The van der Waals surface area contributed by atoms with Gasteiger partial charge in [0.05, 0.1) is 11.2 Å². The molecule has 112 valence electrons. The summed E-state index contributed by atoms with van der Waals surface area (Å²) in [5.41, 5.74) is 2.48. The molecule has 0 aliphatic carbocycles. The van der Waals surface area contributed by atoms with Crippen molar-refractivity contribution in [1.82, 2.24) is 15.2 Å².